The summed E-state index contributed by atoms with van der Waals surface area (Å²) in [5.74, 6) is 2.54. The Labute approximate surface area is 160 Å². The summed E-state index contributed by atoms with van der Waals surface area (Å²) >= 11 is 0. The third-order valence-electron chi connectivity index (χ3n) is 4.92. The zero-order valence-electron chi connectivity index (χ0n) is 14.8. The summed E-state index contributed by atoms with van der Waals surface area (Å²) in [5, 5.41) is 10.8. The fourth-order valence-electron chi connectivity index (χ4n) is 3.84. The van der Waals surface area contributed by atoms with Gasteiger partial charge in [-0.3, -0.25) is 0 Å². The largest absolute Gasteiger partial charge is 0.377 e. The van der Waals surface area contributed by atoms with E-state index in [1.165, 1.54) is 6.42 Å². The van der Waals surface area contributed by atoms with Gasteiger partial charge in [0.15, 0.2) is 11.8 Å². The first-order chi connectivity index (χ1) is 11.0. The van der Waals surface area contributed by atoms with E-state index >= 15 is 0 Å². The number of guanidine groups is 1. The molecule has 0 spiro atoms. The maximum absolute atomic E-state index is 5.96. The second kappa shape index (κ2) is 7.99. The molecule has 3 unspecified atom stereocenters. The molecule has 0 bridgehead atoms. The van der Waals surface area contributed by atoms with Crippen LogP contribution >= 0.6 is 24.0 Å². The number of fused-ring (bicyclic) bond motifs is 1. The van der Waals surface area contributed by atoms with E-state index in [4.69, 9.17) is 9.26 Å². The Hall–Kier alpha value is -0.900. The number of aromatic nitrogens is 2. The molecule has 1 aromatic heterocycles. The van der Waals surface area contributed by atoms with E-state index in [0.29, 0.717) is 36.3 Å². The molecule has 2 fully saturated rings. The van der Waals surface area contributed by atoms with Gasteiger partial charge in [-0.1, -0.05) is 19.0 Å². The van der Waals surface area contributed by atoms with E-state index in [0.717, 1.165) is 25.5 Å². The van der Waals surface area contributed by atoms with Crippen molar-refractivity contribution in [3.8, 4) is 0 Å². The van der Waals surface area contributed by atoms with Gasteiger partial charge in [0.1, 0.15) is 6.54 Å². The summed E-state index contributed by atoms with van der Waals surface area (Å²) in [6, 6.07) is 0.373. The van der Waals surface area contributed by atoms with Gasteiger partial charge in [-0.25, -0.2) is 4.99 Å². The van der Waals surface area contributed by atoms with Crippen molar-refractivity contribution in [2.75, 3.05) is 13.2 Å². The molecule has 0 amide bonds. The third kappa shape index (κ3) is 3.84. The third-order valence-corrected chi connectivity index (χ3v) is 4.92. The Bertz CT molecular complexity index is 575. The van der Waals surface area contributed by atoms with Crippen LogP contribution in [0, 0.1) is 18.3 Å². The number of nitrogens with zero attached hydrogens (tertiary/aromatic N) is 3. The Kier molecular flexibility index (Phi) is 6.46. The van der Waals surface area contributed by atoms with Crippen LogP contribution in [0.5, 0.6) is 0 Å². The van der Waals surface area contributed by atoms with Crippen LogP contribution in [0.15, 0.2) is 9.52 Å². The maximum Gasteiger partial charge on any atom is 0.223 e. The summed E-state index contributed by atoms with van der Waals surface area (Å²) in [5.41, 5.74) is 0.115. The molecule has 24 heavy (non-hydrogen) atoms. The standard InChI is InChI=1S/C16H27N5O2.HI/c1-5-17-15(18-9-12-19-10(2)23-21-12)20-13-11-7-6-8-22-14(11)16(13,3)4;/h11,13-14H,5-9H2,1-4H3,(H2,17,18,20);1H. The summed E-state index contributed by atoms with van der Waals surface area (Å²) in [6.45, 7) is 10.5. The van der Waals surface area contributed by atoms with E-state index in [1.54, 1.807) is 6.92 Å². The summed E-state index contributed by atoms with van der Waals surface area (Å²) in [6.07, 6.45) is 2.72. The molecule has 3 atom stereocenters. The number of hydrogen-bond acceptors (Lipinski definition) is 5. The van der Waals surface area contributed by atoms with Gasteiger partial charge in [-0.15, -0.1) is 24.0 Å². The van der Waals surface area contributed by atoms with E-state index in [-0.39, 0.29) is 29.4 Å². The van der Waals surface area contributed by atoms with Crippen LogP contribution in [0.25, 0.3) is 0 Å². The lowest BCUT2D eigenvalue weighted by molar-refractivity contribution is -0.188. The molecule has 7 nitrogen and oxygen atoms in total. The van der Waals surface area contributed by atoms with Gasteiger partial charge in [0.2, 0.25) is 5.89 Å². The van der Waals surface area contributed by atoms with Gasteiger partial charge in [0, 0.05) is 37.5 Å². The fraction of sp³-hybridized carbons (Fsp3) is 0.812. The van der Waals surface area contributed by atoms with Crippen LogP contribution in [-0.4, -0.2) is 41.4 Å². The van der Waals surface area contributed by atoms with Crippen LogP contribution < -0.4 is 10.6 Å². The normalized spacial score (nSPS) is 28.3. The zero-order chi connectivity index (χ0) is 16.4. The number of rotatable bonds is 4. The molecule has 0 aromatic carbocycles. The summed E-state index contributed by atoms with van der Waals surface area (Å²) in [4.78, 5) is 8.78. The number of aliphatic imine (C=N–C) groups is 1. The van der Waals surface area contributed by atoms with Crippen molar-refractivity contribution < 1.29 is 9.26 Å². The number of hydrogen-bond donors (Lipinski definition) is 2. The van der Waals surface area contributed by atoms with Gasteiger partial charge >= 0.3 is 0 Å². The van der Waals surface area contributed by atoms with Crippen molar-refractivity contribution in [1.82, 2.24) is 20.8 Å². The molecular weight excluding hydrogens is 421 g/mol. The highest BCUT2D eigenvalue weighted by atomic mass is 127. The molecule has 8 heteroatoms. The minimum atomic E-state index is 0. The highest BCUT2D eigenvalue weighted by molar-refractivity contribution is 14.0. The van der Waals surface area contributed by atoms with Gasteiger partial charge in [0.25, 0.3) is 0 Å². The van der Waals surface area contributed by atoms with Gasteiger partial charge in [0.05, 0.1) is 6.10 Å². The Balaban J connectivity index is 0.00000208. The summed E-state index contributed by atoms with van der Waals surface area (Å²) < 4.78 is 10.9. The molecule has 1 saturated heterocycles. The molecule has 3 rings (SSSR count). The van der Waals surface area contributed by atoms with Gasteiger partial charge < -0.3 is 19.9 Å². The lowest BCUT2D eigenvalue weighted by atomic mass is 9.55. The molecule has 2 aliphatic rings. The second-order valence-corrected chi connectivity index (χ2v) is 6.97. The predicted octanol–water partition coefficient (Wildman–Crippen LogP) is 2.25. The molecular formula is C16H28IN5O2. The monoisotopic (exact) mass is 449 g/mol. The molecule has 1 saturated carbocycles. The first kappa shape index (κ1) is 19.4. The molecule has 0 radical (unpaired) electrons. The first-order valence-corrected chi connectivity index (χ1v) is 8.48. The van der Waals surface area contributed by atoms with Crippen LogP contribution in [-0.2, 0) is 11.3 Å². The second-order valence-electron chi connectivity index (χ2n) is 6.97. The summed E-state index contributed by atoms with van der Waals surface area (Å²) in [7, 11) is 0. The number of aryl methyl sites for hydroxylation is 1. The Morgan fingerprint density at radius 2 is 2.21 bits per heavy atom. The Morgan fingerprint density at radius 1 is 1.42 bits per heavy atom. The van der Waals surface area contributed by atoms with Crippen LogP contribution in [0.4, 0.5) is 0 Å². The van der Waals surface area contributed by atoms with Gasteiger partial charge in [-0.2, -0.15) is 4.98 Å². The van der Waals surface area contributed by atoms with Crippen molar-refractivity contribution in [3.63, 3.8) is 0 Å². The van der Waals surface area contributed by atoms with E-state index in [1.807, 2.05) is 0 Å². The number of ether oxygens (including phenoxy) is 1. The highest BCUT2D eigenvalue weighted by Crippen LogP contribution is 2.51. The van der Waals surface area contributed by atoms with Gasteiger partial charge in [-0.05, 0) is 19.8 Å². The predicted molar refractivity (Wildman–Crippen MR) is 102 cm³/mol. The molecule has 1 aliphatic carbocycles. The number of nitrogens with one attached hydrogen (secondary N) is 2. The minimum absolute atomic E-state index is 0. The molecule has 2 N–H and O–H groups in total. The molecule has 136 valence electrons. The van der Waals surface area contributed by atoms with E-state index in [2.05, 4.69) is 46.5 Å². The molecule has 2 heterocycles. The van der Waals surface area contributed by atoms with Crippen molar-refractivity contribution in [1.29, 1.82) is 0 Å². The Morgan fingerprint density at radius 3 is 2.88 bits per heavy atom. The topological polar surface area (TPSA) is 84.6 Å². The average Bonchev–Trinajstić information content (AvgIpc) is 2.95. The average molecular weight is 449 g/mol. The molecule has 1 aromatic rings. The first-order valence-electron chi connectivity index (χ1n) is 8.48. The number of halogens is 1. The fourth-order valence-corrected chi connectivity index (χ4v) is 3.84. The van der Waals surface area contributed by atoms with Crippen molar-refractivity contribution >= 4 is 29.9 Å². The highest BCUT2D eigenvalue weighted by Gasteiger charge is 2.58. The SMILES string of the molecule is CCNC(=NCc1noc(C)n1)NC1C2CCCOC2C1(C)C.I. The van der Waals surface area contributed by atoms with Crippen LogP contribution in [0.3, 0.4) is 0 Å². The smallest absolute Gasteiger partial charge is 0.223 e. The molecule has 1 aliphatic heterocycles. The van der Waals surface area contributed by atoms with Crippen molar-refractivity contribution in [2.24, 2.45) is 16.3 Å². The minimum Gasteiger partial charge on any atom is -0.377 e. The van der Waals surface area contributed by atoms with Crippen LogP contribution in [0.2, 0.25) is 0 Å². The quantitative estimate of drug-likeness (QED) is 0.417. The van der Waals surface area contributed by atoms with Crippen LogP contribution in [0.1, 0.15) is 45.3 Å². The maximum atomic E-state index is 5.96. The van der Waals surface area contributed by atoms with E-state index < -0.39 is 0 Å². The van der Waals surface area contributed by atoms with Crippen molar-refractivity contribution in [3.05, 3.63) is 11.7 Å². The zero-order valence-corrected chi connectivity index (χ0v) is 17.2. The lowest BCUT2D eigenvalue weighted by Gasteiger charge is -2.60. The van der Waals surface area contributed by atoms with Crippen molar-refractivity contribution in [2.45, 2.75) is 59.2 Å². The van der Waals surface area contributed by atoms with E-state index in [9.17, 15) is 0 Å². The lowest BCUT2D eigenvalue weighted by Crippen LogP contribution is -2.71.